The number of halogens is 1. The molecule has 2 N–H and O–H groups in total. The zero-order valence-electron chi connectivity index (χ0n) is 14.7. The Bertz CT molecular complexity index is 897. The van der Waals surface area contributed by atoms with Crippen molar-refractivity contribution < 1.29 is 9.90 Å². The van der Waals surface area contributed by atoms with Gasteiger partial charge in [-0.15, -0.1) is 0 Å². The number of rotatable bonds is 5. The number of benzene rings is 2. The number of thioether (sulfide) groups is 1. The number of hydrogen-bond acceptors (Lipinski definition) is 7. The number of amidine groups is 1. The molecule has 0 aromatic heterocycles. The highest BCUT2D eigenvalue weighted by molar-refractivity contribution is 8.14. The van der Waals surface area contributed by atoms with E-state index in [1.807, 2.05) is 31.2 Å². The van der Waals surface area contributed by atoms with Crippen LogP contribution in [0.3, 0.4) is 0 Å². The lowest BCUT2D eigenvalue weighted by atomic mass is 10.1. The van der Waals surface area contributed by atoms with Crippen molar-refractivity contribution in [2.45, 2.75) is 13.3 Å². The molecule has 0 spiro atoms. The summed E-state index contributed by atoms with van der Waals surface area (Å²) in [4.78, 5) is 15.4. The average Bonchev–Trinajstić information content (AvgIpc) is 2.68. The molecule has 1 aliphatic heterocycles. The monoisotopic (exact) mass is 401 g/mol. The highest BCUT2D eigenvalue weighted by Crippen LogP contribution is 2.23. The minimum atomic E-state index is -1.26. The molecular formula is C19H18ClN4O2S-. The number of nitrogens with one attached hydrogen (secondary N) is 2. The first-order valence-electron chi connectivity index (χ1n) is 8.39. The summed E-state index contributed by atoms with van der Waals surface area (Å²) in [7, 11) is 0. The van der Waals surface area contributed by atoms with Crippen LogP contribution in [0.25, 0.3) is 0 Å². The van der Waals surface area contributed by atoms with E-state index in [9.17, 15) is 9.90 Å². The molecule has 0 atom stereocenters. The molecule has 0 bridgehead atoms. The standard InChI is InChI=1S/C19H19ClN4O2S/c1-12(23-24-17-11-14(18(25)26)5-8-16(17)20)13-3-6-15(7-4-13)22-19-21-9-2-10-27-19/h3-8,11,24H,2,9-10H2,1H3,(H,21,22)(H,25,26)/p-1/b23-12-. The number of aliphatic imine (C=N–C) groups is 1. The molecule has 0 fully saturated rings. The van der Waals surface area contributed by atoms with Gasteiger partial charge in [-0.3, -0.25) is 10.4 Å². The summed E-state index contributed by atoms with van der Waals surface area (Å²) < 4.78 is 0. The summed E-state index contributed by atoms with van der Waals surface area (Å²) >= 11 is 7.80. The van der Waals surface area contributed by atoms with Crippen LogP contribution in [0.1, 0.15) is 29.3 Å². The molecule has 3 rings (SSSR count). The van der Waals surface area contributed by atoms with Crippen molar-refractivity contribution in [3.63, 3.8) is 0 Å². The maximum Gasteiger partial charge on any atom is 0.161 e. The summed E-state index contributed by atoms with van der Waals surface area (Å²) in [6.45, 7) is 2.72. The molecule has 8 heteroatoms. The minimum absolute atomic E-state index is 0.0358. The molecule has 0 saturated carbocycles. The van der Waals surface area contributed by atoms with E-state index >= 15 is 0 Å². The van der Waals surface area contributed by atoms with Crippen LogP contribution in [0.2, 0.25) is 5.02 Å². The summed E-state index contributed by atoms with van der Waals surface area (Å²) in [5.74, 6) is -0.178. The lowest BCUT2D eigenvalue weighted by Crippen LogP contribution is -2.22. The number of hydrazone groups is 1. The second kappa shape index (κ2) is 8.92. The molecule has 0 radical (unpaired) electrons. The predicted molar refractivity (Wildman–Crippen MR) is 111 cm³/mol. The molecule has 0 aliphatic carbocycles. The molecule has 0 unspecified atom stereocenters. The molecule has 0 saturated heterocycles. The highest BCUT2D eigenvalue weighted by Gasteiger charge is 2.07. The fourth-order valence-corrected chi connectivity index (χ4v) is 3.40. The van der Waals surface area contributed by atoms with E-state index in [0.717, 1.165) is 40.8 Å². The Labute approximate surface area is 166 Å². The Morgan fingerprint density at radius 3 is 2.63 bits per heavy atom. The quantitative estimate of drug-likeness (QED) is 0.591. The van der Waals surface area contributed by atoms with Gasteiger partial charge in [0.2, 0.25) is 0 Å². The number of carbonyl (C=O) groups excluding carboxylic acids is 1. The van der Waals surface area contributed by atoms with Gasteiger partial charge in [0.15, 0.2) is 5.17 Å². The number of carboxylic acids is 1. The number of nitrogens with zero attached hydrogens (tertiary/aromatic N) is 2. The largest absolute Gasteiger partial charge is 0.545 e. The molecule has 1 heterocycles. The van der Waals surface area contributed by atoms with Crippen LogP contribution in [-0.2, 0) is 0 Å². The Balaban J connectivity index is 1.68. The van der Waals surface area contributed by atoms with Gasteiger partial charge in [-0.2, -0.15) is 5.10 Å². The second-order valence-electron chi connectivity index (χ2n) is 5.88. The highest BCUT2D eigenvalue weighted by atomic mass is 35.5. The summed E-state index contributed by atoms with van der Waals surface area (Å²) in [6, 6.07) is 12.1. The van der Waals surface area contributed by atoms with Crippen molar-refractivity contribution in [2.75, 3.05) is 23.0 Å². The van der Waals surface area contributed by atoms with Crippen molar-refractivity contribution in [3.8, 4) is 0 Å². The Morgan fingerprint density at radius 2 is 1.96 bits per heavy atom. The lowest BCUT2D eigenvalue weighted by Gasteiger charge is -2.13. The Morgan fingerprint density at radius 1 is 1.22 bits per heavy atom. The third kappa shape index (κ3) is 5.24. The van der Waals surface area contributed by atoms with E-state index in [-0.39, 0.29) is 5.56 Å². The molecular weight excluding hydrogens is 384 g/mol. The molecule has 2 aromatic carbocycles. The SMILES string of the molecule is C/C(=N/Nc1cc(C(=O)[O-])ccc1Cl)c1ccc(NC2=NCCCS2)cc1. The minimum Gasteiger partial charge on any atom is -0.545 e. The van der Waals surface area contributed by atoms with Crippen LogP contribution < -0.4 is 15.8 Å². The fraction of sp³-hybridized carbons (Fsp3) is 0.211. The van der Waals surface area contributed by atoms with Gasteiger partial charge in [0, 0.05) is 18.0 Å². The van der Waals surface area contributed by atoms with Crippen LogP contribution in [0, 0.1) is 0 Å². The van der Waals surface area contributed by atoms with E-state index in [2.05, 4.69) is 20.8 Å². The van der Waals surface area contributed by atoms with E-state index in [4.69, 9.17) is 11.6 Å². The van der Waals surface area contributed by atoms with Gasteiger partial charge in [0.1, 0.15) is 0 Å². The number of hydrogen-bond donors (Lipinski definition) is 2. The normalized spacial score (nSPS) is 14.4. The van der Waals surface area contributed by atoms with E-state index in [1.165, 1.54) is 18.2 Å². The third-order valence-electron chi connectivity index (χ3n) is 3.90. The number of anilines is 2. The molecule has 2 aromatic rings. The summed E-state index contributed by atoms with van der Waals surface area (Å²) in [5, 5.41) is 19.9. The van der Waals surface area contributed by atoms with Crippen LogP contribution in [0.15, 0.2) is 52.6 Å². The van der Waals surface area contributed by atoms with Gasteiger partial charge >= 0.3 is 0 Å². The van der Waals surface area contributed by atoms with Crippen molar-refractivity contribution in [1.82, 2.24) is 0 Å². The van der Waals surface area contributed by atoms with Gasteiger partial charge in [0.25, 0.3) is 0 Å². The Hall–Kier alpha value is -2.51. The molecule has 0 amide bonds. The topological polar surface area (TPSA) is 88.9 Å². The summed E-state index contributed by atoms with van der Waals surface area (Å²) in [5.41, 5.74) is 5.89. The molecule has 1 aliphatic rings. The van der Waals surface area contributed by atoms with E-state index in [1.54, 1.807) is 11.8 Å². The first-order chi connectivity index (χ1) is 13.0. The van der Waals surface area contributed by atoms with Crippen LogP contribution >= 0.6 is 23.4 Å². The number of carboxylic acid groups (broad SMARTS) is 1. The zero-order valence-corrected chi connectivity index (χ0v) is 16.2. The van der Waals surface area contributed by atoms with Gasteiger partial charge in [-0.1, -0.05) is 41.6 Å². The van der Waals surface area contributed by atoms with Crippen molar-refractivity contribution in [2.24, 2.45) is 10.1 Å². The van der Waals surface area contributed by atoms with Crippen LogP contribution in [-0.4, -0.2) is 29.1 Å². The van der Waals surface area contributed by atoms with Crippen LogP contribution in [0.5, 0.6) is 0 Å². The fourth-order valence-electron chi connectivity index (χ4n) is 2.40. The maximum atomic E-state index is 11.0. The first kappa shape index (κ1) is 19.3. The van der Waals surface area contributed by atoms with Crippen LogP contribution in [0.4, 0.5) is 11.4 Å². The van der Waals surface area contributed by atoms with Gasteiger partial charge in [-0.25, -0.2) is 0 Å². The second-order valence-corrected chi connectivity index (χ2v) is 7.37. The number of aromatic carboxylic acids is 1. The van der Waals surface area contributed by atoms with Crippen molar-refractivity contribution in [1.29, 1.82) is 0 Å². The first-order valence-corrected chi connectivity index (χ1v) is 9.75. The molecule has 140 valence electrons. The predicted octanol–water partition coefficient (Wildman–Crippen LogP) is 3.44. The maximum absolute atomic E-state index is 11.0. The average molecular weight is 402 g/mol. The number of carbonyl (C=O) groups is 1. The van der Waals surface area contributed by atoms with E-state index < -0.39 is 5.97 Å². The lowest BCUT2D eigenvalue weighted by molar-refractivity contribution is -0.255. The van der Waals surface area contributed by atoms with Crippen molar-refractivity contribution in [3.05, 3.63) is 58.6 Å². The zero-order chi connectivity index (χ0) is 19.2. The Kier molecular flexibility index (Phi) is 6.36. The van der Waals surface area contributed by atoms with Gasteiger partial charge in [0.05, 0.1) is 22.4 Å². The molecule has 27 heavy (non-hydrogen) atoms. The summed E-state index contributed by atoms with van der Waals surface area (Å²) in [6.07, 6.45) is 1.12. The third-order valence-corrected chi connectivity index (χ3v) is 5.22. The van der Waals surface area contributed by atoms with Gasteiger partial charge in [-0.05, 0) is 48.7 Å². The van der Waals surface area contributed by atoms with E-state index in [0.29, 0.717) is 10.7 Å². The molecule has 6 nitrogen and oxygen atoms in total. The van der Waals surface area contributed by atoms with Gasteiger partial charge < -0.3 is 15.2 Å². The smallest absolute Gasteiger partial charge is 0.161 e. The van der Waals surface area contributed by atoms with Crippen molar-refractivity contribution >= 4 is 51.6 Å².